The smallest absolute Gasteiger partial charge is 0.266 e. The van der Waals surface area contributed by atoms with Gasteiger partial charge in [0.05, 0.1) is 17.5 Å². The molecule has 0 aliphatic heterocycles. The van der Waals surface area contributed by atoms with Gasteiger partial charge in [-0.25, -0.2) is 13.1 Å². The maximum Gasteiger partial charge on any atom is 0.266 e. The van der Waals surface area contributed by atoms with Crippen molar-refractivity contribution in [3.63, 3.8) is 0 Å². The molecule has 3 aromatic carbocycles. The number of sulfonamides is 1. The molecule has 1 aromatic heterocycles. The molecule has 0 saturated heterocycles. The molecule has 0 unspecified atom stereocenters. The van der Waals surface area contributed by atoms with E-state index >= 15 is 0 Å². The molecule has 29 heavy (non-hydrogen) atoms. The third-order valence-electron chi connectivity index (χ3n) is 4.36. The van der Waals surface area contributed by atoms with Crippen molar-refractivity contribution in [2.24, 2.45) is 0 Å². The van der Waals surface area contributed by atoms with Gasteiger partial charge < -0.3 is 0 Å². The summed E-state index contributed by atoms with van der Waals surface area (Å²) in [6.07, 6.45) is 0.962. The molecular weight excluding hydrogens is 388 g/mol. The Morgan fingerprint density at radius 1 is 0.897 bits per heavy atom. The summed E-state index contributed by atoms with van der Waals surface area (Å²) < 4.78 is 24.1. The van der Waals surface area contributed by atoms with Crippen molar-refractivity contribution in [1.82, 2.24) is 20.0 Å². The van der Waals surface area contributed by atoms with Crippen molar-refractivity contribution in [3.05, 3.63) is 84.4 Å². The lowest BCUT2D eigenvalue weighted by Gasteiger charge is -2.07. The van der Waals surface area contributed by atoms with E-state index in [4.69, 9.17) is 5.10 Å². The van der Waals surface area contributed by atoms with Crippen LogP contribution in [0.2, 0.25) is 0 Å². The van der Waals surface area contributed by atoms with E-state index in [1.54, 1.807) is 24.3 Å². The van der Waals surface area contributed by atoms with Gasteiger partial charge in [0.1, 0.15) is 5.69 Å². The summed E-state index contributed by atoms with van der Waals surface area (Å²) in [5, 5.41) is 5.82. The topological polar surface area (TPSA) is 93.1 Å². The molecule has 0 radical (unpaired) electrons. The number of nitrogens with one attached hydrogen (secondary N) is 2. The van der Waals surface area contributed by atoms with Crippen LogP contribution in [0.1, 0.15) is 10.4 Å². The summed E-state index contributed by atoms with van der Waals surface area (Å²) in [6, 6.07) is 24.7. The molecule has 1 heterocycles. The summed E-state index contributed by atoms with van der Waals surface area (Å²) in [4.78, 5) is 14.0. The Hall–Kier alpha value is -3.49. The van der Waals surface area contributed by atoms with Gasteiger partial charge >= 0.3 is 0 Å². The van der Waals surface area contributed by atoms with Crippen LogP contribution in [0.3, 0.4) is 0 Å². The first-order valence-corrected chi connectivity index (χ1v) is 10.7. The highest BCUT2D eigenvalue weighted by molar-refractivity contribution is 7.88. The third-order valence-corrected chi connectivity index (χ3v) is 4.83. The molecule has 7 nitrogen and oxygen atoms in total. The van der Waals surface area contributed by atoms with E-state index in [0.29, 0.717) is 5.56 Å². The third kappa shape index (κ3) is 4.03. The zero-order valence-corrected chi connectivity index (χ0v) is 16.3. The van der Waals surface area contributed by atoms with E-state index in [2.05, 4.69) is 5.43 Å². The number of aromatic nitrogens is 2. The second-order valence-electron chi connectivity index (χ2n) is 6.52. The van der Waals surface area contributed by atoms with Crippen LogP contribution in [0.15, 0.2) is 78.9 Å². The van der Waals surface area contributed by atoms with Crippen LogP contribution in [-0.2, 0) is 10.0 Å². The van der Waals surface area contributed by atoms with Gasteiger partial charge in [0.25, 0.3) is 5.91 Å². The molecule has 0 spiro atoms. The molecule has 146 valence electrons. The van der Waals surface area contributed by atoms with Gasteiger partial charge in [-0.15, -0.1) is 4.83 Å². The zero-order chi connectivity index (χ0) is 20.4. The largest absolute Gasteiger partial charge is 0.274 e. The fraction of sp³-hybridized carbons (Fsp3) is 0.0476. The molecule has 0 aliphatic carbocycles. The highest BCUT2D eigenvalue weighted by Gasteiger charge is 2.14. The van der Waals surface area contributed by atoms with Crippen LogP contribution in [0.4, 0.5) is 0 Å². The Bertz CT molecular complexity index is 1280. The van der Waals surface area contributed by atoms with Crippen LogP contribution in [0, 0.1) is 0 Å². The summed E-state index contributed by atoms with van der Waals surface area (Å²) >= 11 is 0. The van der Waals surface area contributed by atoms with E-state index in [0.717, 1.165) is 34.1 Å². The van der Waals surface area contributed by atoms with E-state index in [-0.39, 0.29) is 0 Å². The fourth-order valence-corrected chi connectivity index (χ4v) is 3.32. The van der Waals surface area contributed by atoms with Gasteiger partial charge in [0, 0.05) is 16.5 Å². The minimum absolute atomic E-state index is 0.324. The first kappa shape index (κ1) is 18.9. The molecule has 0 atom stereocenters. The lowest BCUT2D eigenvalue weighted by atomic mass is 10.1. The lowest BCUT2D eigenvalue weighted by molar-refractivity contribution is 0.0945. The Balaban J connectivity index is 1.70. The fourth-order valence-electron chi connectivity index (χ4n) is 3.04. The van der Waals surface area contributed by atoms with E-state index < -0.39 is 15.9 Å². The molecule has 0 saturated carbocycles. The van der Waals surface area contributed by atoms with Gasteiger partial charge in [0.2, 0.25) is 10.0 Å². The maximum absolute atomic E-state index is 12.1. The highest BCUT2D eigenvalue weighted by Crippen LogP contribution is 2.29. The predicted octanol–water partition coefficient (Wildman–Crippen LogP) is 2.89. The van der Waals surface area contributed by atoms with Crippen LogP contribution in [0.5, 0.6) is 0 Å². The summed E-state index contributed by atoms with van der Waals surface area (Å²) in [5.74, 6) is -0.544. The second-order valence-corrected chi connectivity index (χ2v) is 8.27. The quantitative estimate of drug-likeness (QED) is 0.499. The summed E-state index contributed by atoms with van der Waals surface area (Å²) in [6.45, 7) is 0. The number of carbonyl (C=O) groups is 1. The molecule has 1 amide bonds. The normalized spacial score (nSPS) is 11.5. The standard InChI is InChI=1S/C21H18N4O3S/c1-29(27,28)24-22-21(26)16-11-13-17(14-12-16)25-19-10-6-5-9-18(19)20(23-25)15-7-3-2-4-8-15/h2-14,24H,1H3,(H,22,26). The number of hydrazine groups is 1. The molecule has 4 rings (SSSR count). The summed E-state index contributed by atoms with van der Waals surface area (Å²) in [7, 11) is -3.52. The maximum atomic E-state index is 12.1. The van der Waals surface area contributed by atoms with E-state index in [1.807, 2.05) is 64.1 Å². The first-order chi connectivity index (χ1) is 13.9. The van der Waals surface area contributed by atoms with Gasteiger partial charge in [-0.2, -0.15) is 5.10 Å². The number of para-hydroxylation sites is 1. The SMILES string of the molecule is CS(=O)(=O)NNC(=O)c1ccc(-n2nc(-c3ccccc3)c3ccccc32)cc1. The number of carbonyl (C=O) groups excluding carboxylic acids is 1. The predicted molar refractivity (Wildman–Crippen MR) is 112 cm³/mol. The molecule has 4 aromatic rings. The number of nitrogens with zero attached hydrogens (tertiary/aromatic N) is 2. The van der Waals surface area contributed by atoms with Gasteiger partial charge in [-0.1, -0.05) is 48.5 Å². The number of hydrogen-bond donors (Lipinski definition) is 2. The zero-order valence-electron chi connectivity index (χ0n) is 15.5. The van der Waals surface area contributed by atoms with Crippen LogP contribution < -0.4 is 10.3 Å². The van der Waals surface area contributed by atoms with E-state index in [9.17, 15) is 13.2 Å². The molecular formula is C21H18N4O3S. The van der Waals surface area contributed by atoms with Crippen molar-refractivity contribution in [3.8, 4) is 16.9 Å². The Kier molecular flexibility index (Phi) is 4.87. The van der Waals surface area contributed by atoms with Gasteiger partial charge in [0.15, 0.2) is 0 Å². The minimum atomic E-state index is -3.52. The molecule has 0 bridgehead atoms. The molecule has 8 heteroatoms. The number of hydrogen-bond acceptors (Lipinski definition) is 4. The number of rotatable bonds is 5. The average molecular weight is 406 g/mol. The summed E-state index contributed by atoms with van der Waals surface area (Å²) in [5.41, 5.74) is 6.11. The van der Waals surface area contributed by atoms with Crippen LogP contribution >= 0.6 is 0 Å². The van der Waals surface area contributed by atoms with Crippen molar-refractivity contribution in [2.75, 3.05) is 6.26 Å². The number of amides is 1. The Morgan fingerprint density at radius 2 is 1.55 bits per heavy atom. The first-order valence-electron chi connectivity index (χ1n) is 8.83. The lowest BCUT2D eigenvalue weighted by Crippen LogP contribution is -2.40. The molecule has 0 aliphatic rings. The Morgan fingerprint density at radius 3 is 2.24 bits per heavy atom. The average Bonchev–Trinajstić information content (AvgIpc) is 3.12. The second kappa shape index (κ2) is 7.50. The van der Waals surface area contributed by atoms with Crippen LogP contribution in [-0.4, -0.2) is 30.4 Å². The van der Waals surface area contributed by atoms with Crippen molar-refractivity contribution in [1.29, 1.82) is 0 Å². The number of fused-ring (bicyclic) bond motifs is 1. The monoisotopic (exact) mass is 406 g/mol. The number of benzene rings is 3. The van der Waals surface area contributed by atoms with E-state index in [1.165, 1.54) is 0 Å². The van der Waals surface area contributed by atoms with Crippen molar-refractivity contribution >= 4 is 26.8 Å². The van der Waals surface area contributed by atoms with Crippen molar-refractivity contribution < 1.29 is 13.2 Å². The molecule has 0 fully saturated rings. The minimum Gasteiger partial charge on any atom is -0.274 e. The van der Waals surface area contributed by atoms with Gasteiger partial charge in [-0.3, -0.25) is 10.2 Å². The van der Waals surface area contributed by atoms with Crippen LogP contribution in [0.25, 0.3) is 27.8 Å². The van der Waals surface area contributed by atoms with Crippen molar-refractivity contribution in [2.45, 2.75) is 0 Å². The van der Waals surface area contributed by atoms with Gasteiger partial charge in [-0.05, 0) is 30.3 Å². The highest BCUT2D eigenvalue weighted by atomic mass is 32.2. The Labute approximate surface area is 168 Å². The molecule has 2 N–H and O–H groups in total.